The molecule has 1 unspecified atom stereocenters. The number of esters is 1. The van der Waals surface area contributed by atoms with Crippen LogP contribution >= 0.6 is 0 Å². The van der Waals surface area contributed by atoms with E-state index in [1.54, 1.807) is 12.1 Å². The summed E-state index contributed by atoms with van der Waals surface area (Å²) in [4.78, 5) is 11.7. The van der Waals surface area contributed by atoms with Crippen LogP contribution in [-0.4, -0.2) is 26.8 Å². The summed E-state index contributed by atoms with van der Waals surface area (Å²) >= 11 is 0. The lowest BCUT2D eigenvalue weighted by Gasteiger charge is -2.13. The zero-order valence-electron chi connectivity index (χ0n) is 9.98. The summed E-state index contributed by atoms with van der Waals surface area (Å²) < 4.78 is 20.8. The summed E-state index contributed by atoms with van der Waals surface area (Å²) in [6, 6.07) is 3.33. The monoisotopic (exact) mass is 238 g/mol. The van der Waals surface area contributed by atoms with Gasteiger partial charge in [0, 0.05) is 12.7 Å². The summed E-state index contributed by atoms with van der Waals surface area (Å²) in [5, 5.41) is 0. The Kier molecular flexibility index (Phi) is 3.19. The van der Waals surface area contributed by atoms with Gasteiger partial charge in [-0.05, 0) is 13.0 Å². The van der Waals surface area contributed by atoms with Crippen LogP contribution in [0.3, 0.4) is 0 Å². The Bertz CT molecular complexity index is 441. The van der Waals surface area contributed by atoms with Crippen molar-refractivity contribution in [2.24, 2.45) is 0 Å². The standard InChI is InChI=1S/C12H14O5/c1-4-16-12-10-8(11(13)17-12)5-7(14-2)6-9(10)15-3/h5-6,12H,4H2,1-3H3. The first-order valence-electron chi connectivity index (χ1n) is 5.29. The molecule has 0 aliphatic carbocycles. The second-order valence-corrected chi connectivity index (χ2v) is 3.48. The van der Waals surface area contributed by atoms with Crippen molar-refractivity contribution < 1.29 is 23.7 Å². The van der Waals surface area contributed by atoms with E-state index in [2.05, 4.69) is 0 Å². The molecule has 0 fully saturated rings. The van der Waals surface area contributed by atoms with E-state index in [4.69, 9.17) is 18.9 Å². The second-order valence-electron chi connectivity index (χ2n) is 3.48. The van der Waals surface area contributed by atoms with Gasteiger partial charge in [-0.25, -0.2) is 4.79 Å². The number of cyclic esters (lactones) is 1. The molecule has 0 aromatic heterocycles. The Hall–Kier alpha value is -1.75. The van der Waals surface area contributed by atoms with Crippen LogP contribution < -0.4 is 9.47 Å². The molecule has 0 radical (unpaired) electrons. The topological polar surface area (TPSA) is 54.0 Å². The van der Waals surface area contributed by atoms with Gasteiger partial charge in [0.2, 0.25) is 6.29 Å². The van der Waals surface area contributed by atoms with Crippen molar-refractivity contribution in [1.82, 2.24) is 0 Å². The van der Waals surface area contributed by atoms with Crippen LogP contribution in [-0.2, 0) is 9.47 Å². The highest BCUT2D eigenvalue weighted by atomic mass is 16.7. The third-order valence-electron chi connectivity index (χ3n) is 2.56. The maximum atomic E-state index is 11.7. The maximum Gasteiger partial charge on any atom is 0.341 e. The third-order valence-corrected chi connectivity index (χ3v) is 2.56. The van der Waals surface area contributed by atoms with E-state index >= 15 is 0 Å². The Morgan fingerprint density at radius 1 is 1.29 bits per heavy atom. The molecular weight excluding hydrogens is 224 g/mol. The predicted molar refractivity (Wildman–Crippen MR) is 59.3 cm³/mol. The van der Waals surface area contributed by atoms with Gasteiger partial charge in [0.1, 0.15) is 11.5 Å². The molecule has 1 atom stereocenters. The molecule has 92 valence electrons. The maximum absolute atomic E-state index is 11.7. The number of benzene rings is 1. The Labute approximate surface area is 99.2 Å². The van der Waals surface area contributed by atoms with Crippen LogP contribution in [0.15, 0.2) is 12.1 Å². The van der Waals surface area contributed by atoms with Crippen LogP contribution in [0.5, 0.6) is 11.5 Å². The summed E-state index contributed by atoms with van der Waals surface area (Å²) in [5.41, 5.74) is 1.06. The van der Waals surface area contributed by atoms with Gasteiger partial charge in [0.25, 0.3) is 0 Å². The zero-order valence-corrected chi connectivity index (χ0v) is 9.98. The summed E-state index contributed by atoms with van der Waals surface area (Å²) in [7, 11) is 3.06. The number of carbonyl (C=O) groups excluding carboxylic acids is 1. The van der Waals surface area contributed by atoms with Crippen molar-refractivity contribution in [3.05, 3.63) is 23.3 Å². The summed E-state index contributed by atoms with van der Waals surface area (Å²) in [5.74, 6) is 0.661. The molecule has 0 N–H and O–H groups in total. The number of rotatable bonds is 4. The molecule has 1 aromatic rings. The Morgan fingerprint density at radius 2 is 2.06 bits per heavy atom. The molecule has 1 heterocycles. The molecular formula is C12H14O5. The first-order valence-corrected chi connectivity index (χ1v) is 5.29. The summed E-state index contributed by atoms with van der Waals surface area (Å²) in [6.45, 7) is 2.29. The first kappa shape index (κ1) is 11.7. The molecule has 1 aliphatic rings. The van der Waals surface area contributed by atoms with Crippen LogP contribution in [0.2, 0.25) is 0 Å². The molecule has 5 heteroatoms. The van der Waals surface area contributed by atoms with Crippen LogP contribution in [0.25, 0.3) is 0 Å². The molecule has 0 saturated heterocycles. The van der Waals surface area contributed by atoms with E-state index in [0.29, 0.717) is 29.2 Å². The molecule has 2 rings (SSSR count). The van der Waals surface area contributed by atoms with Gasteiger partial charge in [-0.3, -0.25) is 0 Å². The highest BCUT2D eigenvalue weighted by Gasteiger charge is 2.35. The number of ether oxygens (including phenoxy) is 4. The lowest BCUT2D eigenvalue weighted by atomic mass is 10.1. The number of fused-ring (bicyclic) bond motifs is 1. The zero-order chi connectivity index (χ0) is 12.4. The molecule has 5 nitrogen and oxygen atoms in total. The summed E-state index contributed by atoms with van der Waals surface area (Å²) in [6.07, 6.45) is -0.691. The van der Waals surface area contributed by atoms with Gasteiger partial charge < -0.3 is 18.9 Å². The van der Waals surface area contributed by atoms with E-state index in [0.717, 1.165) is 0 Å². The minimum absolute atomic E-state index is 0.421. The van der Waals surface area contributed by atoms with E-state index in [-0.39, 0.29) is 0 Å². The predicted octanol–water partition coefficient (Wildman–Crippen LogP) is 1.91. The van der Waals surface area contributed by atoms with E-state index in [1.807, 2.05) is 6.92 Å². The lowest BCUT2D eigenvalue weighted by molar-refractivity contribution is -0.1000. The van der Waals surface area contributed by atoms with Gasteiger partial charge >= 0.3 is 5.97 Å². The van der Waals surface area contributed by atoms with E-state index in [9.17, 15) is 4.79 Å². The normalized spacial score (nSPS) is 17.6. The highest BCUT2D eigenvalue weighted by molar-refractivity contribution is 5.95. The van der Waals surface area contributed by atoms with Crippen LogP contribution in [0, 0.1) is 0 Å². The number of hydrogen-bond donors (Lipinski definition) is 0. The van der Waals surface area contributed by atoms with Gasteiger partial charge in [-0.15, -0.1) is 0 Å². The Morgan fingerprint density at radius 3 is 2.65 bits per heavy atom. The smallest absolute Gasteiger partial charge is 0.341 e. The lowest BCUT2D eigenvalue weighted by Crippen LogP contribution is -2.04. The molecule has 0 bridgehead atoms. The van der Waals surface area contributed by atoms with Crippen molar-refractivity contribution in [2.75, 3.05) is 20.8 Å². The van der Waals surface area contributed by atoms with Crippen molar-refractivity contribution in [2.45, 2.75) is 13.2 Å². The molecule has 0 spiro atoms. The molecule has 1 aliphatic heterocycles. The van der Waals surface area contributed by atoms with Crippen molar-refractivity contribution >= 4 is 5.97 Å². The molecule has 0 amide bonds. The van der Waals surface area contributed by atoms with Crippen molar-refractivity contribution in [1.29, 1.82) is 0 Å². The molecule has 17 heavy (non-hydrogen) atoms. The quantitative estimate of drug-likeness (QED) is 0.750. The fourth-order valence-electron chi connectivity index (χ4n) is 1.79. The van der Waals surface area contributed by atoms with Gasteiger partial charge in [0.15, 0.2) is 0 Å². The minimum Gasteiger partial charge on any atom is -0.497 e. The van der Waals surface area contributed by atoms with Gasteiger partial charge in [-0.2, -0.15) is 0 Å². The fourth-order valence-corrected chi connectivity index (χ4v) is 1.79. The van der Waals surface area contributed by atoms with E-state index in [1.165, 1.54) is 14.2 Å². The van der Waals surface area contributed by atoms with Gasteiger partial charge in [-0.1, -0.05) is 0 Å². The molecule has 1 aromatic carbocycles. The first-order chi connectivity index (χ1) is 8.21. The Balaban J connectivity index is 2.51. The molecule has 0 saturated carbocycles. The number of hydrogen-bond acceptors (Lipinski definition) is 5. The second kappa shape index (κ2) is 4.63. The van der Waals surface area contributed by atoms with E-state index < -0.39 is 12.3 Å². The average molecular weight is 238 g/mol. The van der Waals surface area contributed by atoms with Gasteiger partial charge in [0.05, 0.1) is 25.3 Å². The number of carbonyl (C=O) groups is 1. The third kappa shape index (κ3) is 1.93. The number of methoxy groups -OCH3 is 2. The minimum atomic E-state index is -0.691. The van der Waals surface area contributed by atoms with Crippen LogP contribution in [0.4, 0.5) is 0 Å². The highest BCUT2D eigenvalue weighted by Crippen LogP contribution is 2.40. The SMILES string of the molecule is CCOC1OC(=O)c2cc(OC)cc(OC)c21. The van der Waals surface area contributed by atoms with Crippen molar-refractivity contribution in [3.63, 3.8) is 0 Å². The largest absolute Gasteiger partial charge is 0.497 e. The van der Waals surface area contributed by atoms with Crippen LogP contribution in [0.1, 0.15) is 29.1 Å². The van der Waals surface area contributed by atoms with Crippen molar-refractivity contribution in [3.8, 4) is 11.5 Å². The fraction of sp³-hybridized carbons (Fsp3) is 0.417. The average Bonchev–Trinajstić information content (AvgIpc) is 2.66.